The normalized spacial score (nSPS) is 17.4. The van der Waals surface area contributed by atoms with Crippen molar-refractivity contribution in [3.8, 4) is 11.5 Å². The molecule has 0 amide bonds. The van der Waals surface area contributed by atoms with Crippen LogP contribution >= 0.6 is 11.6 Å². The quantitative estimate of drug-likeness (QED) is 0.569. The van der Waals surface area contributed by atoms with E-state index >= 15 is 0 Å². The van der Waals surface area contributed by atoms with Gasteiger partial charge in [-0.15, -0.1) is 0 Å². The number of anilines is 1. The second-order valence-electron chi connectivity index (χ2n) is 9.01. The van der Waals surface area contributed by atoms with E-state index in [2.05, 4.69) is 42.6 Å². The Bertz CT molecular complexity index is 1200. The standard InChI is InChI=1S/C22H24ClN3O3S/c1-21(2)11-12-22(3,4)18-13-16(9-10-17(18)21)30(27,28)26-20-24-19(29-25-20)14-5-7-15(23)8-6-14/h5-10,13H,11-12H2,1-4H3,(H,25,26). The molecule has 0 atom stereocenters. The van der Waals surface area contributed by atoms with Gasteiger partial charge in [0, 0.05) is 10.6 Å². The van der Waals surface area contributed by atoms with Gasteiger partial charge >= 0.3 is 0 Å². The molecule has 0 bridgehead atoms. The van der Waals surface area contributed by atoms with E-state index in [9.17, 15) is 8.42 Å². The van der Waals surface area contributed by atoms with E-state index in [1.165, 1.54) is 5.56 Å². The number of benzene rings is 2. The average Bonchev–Trinajstić information content (AvgIpc) is 3.13. The Morgan fingerprint density at radius 1 is 0.967 bits per heavy atom. The molecule has 0 fully saturated rings. The summed E-state index contributed by atoms with van der Waals surface area (Å²) in [5, 5.41) is 4.34. The van der Waals surface area contributed by atoms with Crippen molar-refractivity contribution in [2.24, 2.45) is 0 Å². The minimum Gasteiger partial charge on any atom is -0.332 e. The predicted octanol–water partition coefficient (Wildman–Crippen LogP) is 5.54. The maximum absolute atomic E-state index is 13.0. The minimum atomic E-state index is -3.87. The zero-order valence-electron chi connectivity index (χ0n) is 17.4. The zero-order valence-corrected chi connectivity index (χ0v) is 18.9. The van der Waals surface area contributed by atoms with E-state index < -0.39 is 10.0 Å². The van der Waals surface area contributed by atoms with E-state index in [4.69, 9.17) is 16.1 Å². The highest BCUT2D eigenvalue weighted by atomic mass is 35.5. The number of hydrogen-bond acceptors (Lipinski definition) is 5. The van der Waals surface area contributed by atoms with E-state index in [1.54, 1.807) is 36.4 Å². The predicted molar refractivity (Wildman–Crippen MR) is 117 cm³/mol. The van der Waals surface area contributed by atoms with Crippen LogP contribution in [0.5, 0.6) is 0 Å². The third-order valence-electron chi connectivity index (χ3n) is 5.88. The lowest BCUT2D eigenvalue weighted by Crippen LogP contribution is -2.34. The molecule has 30 heavy (non-hydrogen) atoms. The molecule has 0 unspecified atom stereocenters. The van der Waals surface area contributed by atoms with Crippen LogP contribution in [-0.4, -0.2) is 18.6 Å². The molecule has 0 radical (unpaired) electrons. The molecule has 1 aromatic heterocycles. The molecule has 0 aliphatic heterocycles. The fourth-order valence-electron chi connectivity index (χ4n) is 3.89. The Hall–Kier alpha value is -2.38. The van der Waals surface area contributed by atoms with Gasteiger partial charge in [0.1, 0.15) is 0 Å². The molecule has 3 aromatic rings. The van der Waals surface area contributed by atoms with Gasteiger partial charge in [-0.2, -0.15) is 4.98 Å². The Labute approximate surface area is 181 Å². The molecule has 1 aliphatic carbocycles. The summed E-state index contributed by atoms with van der Waals surface area (Å²) in [6.07, 6.45) is 2.06. The fourth-order valence-corrected chi connectivity index (χ4v) is 4.98. The summed E-state index contributed by atoms with van der Waals surface area (Å²) < 4.78 is 33.6. The number of sulfonamides is 1. The molecule has 2 aromatic carbocycles. The molecule has 1 N–H and O–H groups in total. The first kappa shape index (κ1) is 20.9. The fraction of sp³-hybridized carbons (Fsp3) is 0.364. The molecule has 158 valence electrons. The first-order valence-corrected chi connectivity index (χ1v) is 11.6. The number of hydrogen-bond donors (Lipinski definition) is 1. The highest BCUT2D eigenvalue weighted by Crippen LogP contribution is 2.46. The number of nitrogens with zero attached hydrogens (tertiary/aromatic N) is 2. The van der Waals surface area contributed by atoms with Crippen molar-refractivity contribution in [2.75, 3.05) is 4.72 Å². The van der Waals surface area contributed by atoms with E-state index in [0.29, 0.717) is 10.6 Å². The summed E-state index contributed by atoms with van der Waals surface area (Å²) in [5.74, 6) is 0.0925. The topological polar surface area (TPSA) is 85.1 Å². The van der Waals surface area contributed by atoms with Crippen molar-refractivity contribution < 1.29 is 12.9 Å². The summed E-state index contributed by atoms with van der Waals surface area (Å²) in [6.45, 7) is 8.71. The molecule has 4 rings (SSSR count). The second-order valence-corrected chi connectivity index (χ2v) is 11.1. The lowest BCUT2D eigenvalue weighted by molar-refractivity contribution is 0.331. The van der Waals surface area contributed by atoms with Crippen LogP contribution in [0, 0.1) is 0 Å². The van der Waals surface area contributed by atoms with Crippen molar-refractivity contribution in [3.63, 3.8) is 0 Å². The SMILES string of the molecule is CC1(C)CCC(C)(C)c2cc(S(=O)(=O)Nc3noc(-c4ccc(Cl)cc4)n3)ccc21. The second kappa shape index (κ2) is 7.10. The van der Waals surface area contributed by atoms with E-state index in [1.807, 2.05) is 6.07 Å². The average molecular weight is 446 g/mol. The summed E-state index contributed by atoms with van der Waals surface area (Å²) in [5.41, 5.74) is 2.83. The van der Waals surface area contributed by atoms with Gasteiger partial charge in [0.25, 0.3) is 21.9 Å². The Balaban J connectivity index is 1.64. The Morgan fingerprint density at radius 3 is 2.27 bits per heavy atom. The Morgan fingerprint density at radius 2 is 1.60 bits per heavy atom. The highest BCUT2D eigenvalue weighted by Gasteiger charge is 2.37. The third kappa shape index (κ3) is 3.84. The lowest BCUT2D eigenvalue weighted by atomic mass is 9.63. The molecule has 8 heteroatoms. The zero-order chi connectivity index (χ0) is 21.7. The van der Waals surface area contributed by atoms with Crippen LogP contribution in [0.15, 0.2) is 51.9 Å². The van der Waals surface area contributed by atoms with Gasteiger partial charge in [0.2, 0.25) is 0 Å². The summed E-state index contributed by atoms with van der Waals surface area (Å²) in [4.78, 5) is 4.33. The van der Waals surface area contributed by atoms with Gasteiger partial charge in [-0.1, -0.05) is 45.4 Å². The first-order valence-electron chi connectivity index (χ1n) is 9.75. The van der Waals surface area contributed by atoms with Crippen molar-refractivity contribution in [1.29, 1.82) is 0 Å². The smallest absolute Gasteiger partial charge is 0.277 e. The molecule has 1 heterocycles. The van der Waals surface area contributed by atoms with Crippen LogP contribution in [0.1, 0.15) is 51.7 Å². The van der Waals surface area contributed by atoms with Gasteiger partial charge < -0.3 is 4.52 Å². The van der Waals surface area contributed by atoms with Crippen LogP contribution in [0.3, 0.4) is 0 Å². The van der Waals surface area contributed by atoms with Gasteiger partial charge in [-0.3, -0.25) is 0 Å². The van der Waals surface area contributed by atoms with Crippen LogP contribution in [0.2, 0.25) is 5.02 Å². The van der Waals surface area contributed by atoms with E-state index in [-0.39, 0.29) is 27.6 Å². The maximum Gasteiger partial charge on any atom is 0.277 e. The summed E-state index contributed by atoms with van der Waals surface area (Å²) in [6, 6.07) is 12.2. The van der Waals surface area contributed by atoms with Crippen molar-refractivity contribution in [1.82, 2.24) is 10.1 Å². The van der Waals surface area contributed by atoms with Crippen LogP contribution < -0.4 is 4.72 Å². The van der Waals surface area contributed by atoms with Crippen molar-refractivity contribution >= 4 is 27.6 Å². The number of fused-ring (bicyclic) bond motifs is 1. The molecular weight excluding hydrogens is 422 g/mol. The van der Waals surface area contributed by atoms with Gasteiger partial charge in [-0.25, -0.2) is 13.1 Å². The molecule has 1 aliphatic rings. The molecule has 0 saturated heterocycles. The van der Waals surface area contributed by atoms with E-state index in [0.717, 1.165) is 18.4 Å². The Kier molecular flexibility index (Phi) is 4.94. The van der Waals surface area contributed by atoms with Crippen LogP contribution in [-0.2, 0) is 20.9 Å². The number of rotatable bonds is 4. The number of nitrogens with one attached hydrogen (secondary N) is 1. The lowest BCUT2D eigenvalue weighted by Gasteiger charge is -2.42. The van der Waals surface area contributed by atoms with Crippen LogP contribution in [0.25, 0.3) is 11.5 Å². The van der Waals surface area contributed by atoms with Gasteiger partial charge in [0.15, 0.2) is 0 Å². The maximum atomic E-state index is 13.0. The number of halogens is 1. The molecule has 0 spiro atoms. The third-order valence-corrected chi connectivity index (χ3v) is 7.46. The minimum absolute atomic E-state index is 0.0156. The van der Waals surface area contributed by atoms with Crippen molar-refractivity contribution in [2.45, 2.75) is 56.3 Å². The molecule has 0 saturated carbocycles. The number of aromatic nitrogens is 2. The molecule has 6 nitrogen and oxygen atoms in total. The largest absolute Gasteiger partial charge is 0.332 e. The molecular formula is C22H24ClN3O3S. The van der Waals surface area contributed by atoms with Crippen molar-refractivity contribution in [3.05, 3.63) is 58.6 Å². The summed E-state index contributed by atoms with van der Waals surface area (Å²) in [7, 11) is -3.87. The summed E-state index contributed by atoms with van der Waals surface area (Å²) >= 11 is 5.89. The highest BCUT2D eigenvalue weighted by molar-refractivity contribution is 7.92. The van der Waals surface area contributed by atoms with Gasteiger partial charge in [-0.05, 0) is 76.4 Å². The van der Waals surface area contributed by atoms with Crippen LogP contribution in [0.4, 0.5) is 5.95 Å². The monoisotopic (exact) mass is 445 g/mol. The van der Waals surface area contributed by atoms with Gasteiger partial charge in [0.05, 0.1) is 4.90 Å². The first-order chi connectivity index (χ1) is 14.0.